The molecule has 0 fully saturated rings. The maximum atomic E-state index is 12.9. The Bertz CT molecular complexity index is 1200. The lowest BCUT2D eigenvalue weighted by molar-refractivity contribution is -0.129. The Morgan fingerprint density at radius 2 is 1.39 bits per heavy atom. The Balaban J connectivity index is 1.63. The zero-order chi connectivity index (χ0) is 24.0. The van der Waals surface area contributed by atoms with Gasteiger partial charge in [0.05, 0.1) is 22.2 Å². The van der Waals surface area contributed by atoms with Crippen molar-refractivity contribution < 1.29 is 22.7 Å². The molecule has 3 aromatic rings. The van der Waals surface area contributed by atoms with Crippen molar-refractivity contribution >= 4 is 27.6 Å². The first-order chi connectivity index (χ1) is 15.7. The highest BCUT2D eigenvalue weighted by Crippen LogP contribution is 2.22. The van der Waals surface area contributed by atoms with Crippen molar-refractivity contribution in [3.05, 3.63) is 96.1 Å². The van der Waals surface area contributed by atoms with E-state index in [9.17, 15) is 18.0 Å². The molecule has 0 aromatic heterocycles. The molecule has 0 radical (unpaired) electrons. The number of hydrogen-bond acceptors (Lipinski definition) is 5. The minimum atomic E-state index is -3.79. The van der Waals surface area contributed by atoms with E-state index in [-0.39, 0.29) is 16.5 Å². The topological polar surface area (TPSA) is 92.8 Å². The molecule has 0 spiro atoms. The Kier molecular flexibility index (Phi) is 7.50. The second-order valence-electron chi connectivity index (χ2n) is 7.52. The first-order valence-electron chi connectivity index (χ1n) is 10.4. The fraction of sp³-hybridized carbons (Fsp3) is 0.200. The lowest BCUT2D eigenvalue weighted by Gasteiger charge is -2.20. The number of nitrogens with one attached hydrogen (secondary N) is 1. The van der Waals surface area contributed by atoms with E-state index in [0.717, 1.165) is 5.56 Å². The Morgan fingerprint density at radius 3 is 1.97 bits per heavy atom. The van der Waals surface area contributed by atoms with Gasteiger partial charge in [0.1, 0.15) is 0 Å². The SMILES string of the molecule is CC(OC(=O)c1ccc(S(=O)(=O)N(C)c2ccccc2)cc1)C(=O)NC(C)c1ccccc1. The van der Waals surface area contributed by atoms with Gasteiger partial charge in [-0.1, -0.05) is 48.5 Å². The predicted molar refractivity (Wildman–Crippen MR) is 126 cm³/mol. The van der Waals surface area contributed by atoms with Crippen LogP contribution in [0.1, 0.15) is 35.8 Å². The van der Waals surface area contributed by atoms with Gasteiger partial charge in [0, 0.05) is 7.05 Å². The van der Waals surface area contributed by atoms with Crippen LogP contribution in [0.25, 0.3) is 0 Å². The largest absolute Gasteiger partial charge is 0.449 e. The standard InChI is InChI=1S/C25H26N2O5S/c1-18(20-10-6-4-7-11-20)26-24(28)19(2)32-25(29)21-14-16-23(17-15-21)33(30,31)27(3)22-12-8-5-9-13-22/h4-19H,1-3H3,(H,26,28). The van der Waals surface area contributed by atoms with Crippen LogP contribution in [-0.2, 0) is 19.6 Å². The number of nitrogens with zero attached hydrogens (tertiary/aromatic N) is 1. The maximum Gasteiger partial charge on any atom is 0.338 e. The average molecular weight is 467 g/mol. The van der Waals surface area contributed by atoms with Crippen LogP contribution in [0.3, 0.4) is 0 Å². The van der Waals surface area contributed by atoms with Crippen molar-refractivity contribution in [2.45, 2.75) is 30.9 Å². The van der Waals surface area contributed by atoms with E-state index in [2.05, 4.69) is 5.32 Å². The van der Waals surface area contributed by atoms with Gasteiger partial charge in [0.2, 0.25) is 0 Å². The van der Waals surface area contributed by atoms with E-state index in [1.165, 1.54) is 42.5 Å². The van der Waals surface area contributed by atoms with E-state index >= 15 is 0 Å². The molecular formula is C25H26N2O5S. The molecule has 1 N–H and O–H groups in total. The summed E-state index contributed by atoms with van der Waals surface area (Å²) in [6, 6.07) is 23.3. The third kappa shape index (κ3) is 5.78. The van der Waals surface area contributed by atoms with Crippen molar-refractivity contribution in [1.82, 2.24) is 5.32 Å². The summed E-state index contributed by atoms with van der Waals surface area (Å²) >= 11 is 0. The number of hydrogen-bond donors (Lipinski definition) is 1. The van der Waals surface area contributed by atoms with Gasteiger partial charge >= 0.3 is 5.97 Å². The molecule has 8 heteroatoms. The molecule has 7 nitrogen and oxygen atoms in total. The van der Waals surface area contributed by atoms with Crippen LogP contribution in [0.5, 0.6) is 0 Å². The van der Waals surface area contributed by atoms with Crippen LogP contribution in [0, 0.1) is 0 Å². The summed E-state index contributed by atoms with van der Waals surface area (Å²) < 4.78 is 32.1. The lowest BCUT2D eigenvalue weighted by atomic mass is 10.1. The van der Waals surface area contributed by atoms with E-state index in [1.54, 1.807) is 30.3 Å². The van der Waals surface area contributed by atoms with Crippen molar-refractivity contribution in [1.29, 1.82) is 0 Å². The highest BCUT2D eigenvalue weighted by molar-refractivity contribution is 7.92. The quantitative estimate of drug-likeness (QED) is 0.508. The molecule has 3 aromatic carbocycles. The van der Waals surface area contributed by atoms with E-state index < -0.39 is 28.0 Å². The minimum absolute atomic E-state index is 0.0351. The molecule has 2 atom stereocenters. The van der Waals surface area contributed by atoms with Gasteiger partial charge in [-0.15, -0.1) is 0 Å². The lowest BCUT2D eigenvalue weighted by Crippen LogP contribution is -2.37. The number of esters is 1. The molecule has 0 aliphatic heterocycles. The molecule has 0 saturated carbocycles. The summed E-state index contributed by atoms with van der Waals surface area (Å²) in [4.78, 5) is 24.9. The summed E-state index contributed by atoms with van der Waals surface area (Å²) in [6.45, 7) is 3.33. The molecule has 0 aliphatic rings. The number of anilines is 1. The molecule has 33 heavy (non-hydrogen) atoms. The predicted octanol–water partition coefficient (Wildman–Crippen LogP) is 3.93. The van der Waals surface area contributed by atoms with E-state index in [4.69, 9.17) is 4.74 Å². The van der Waals surface area contributed by atoms with Gasteiger partial charge < -0.3 is 10.1 Å². The van der Waals surface area contributed by atoms with Gasteiger partial charge in [-0.2, -0.15) is 0 Å². The molecule has 0 saturated heterocycles. The highest BCUT2D eigenvalue weighted by Gasteiger charge is 2.23. The van der Waals surface area contributed by atoms with Crippen molar-refractivity contribution in [2.24, 2.45) is 0 Å². The van der Waals surface area contributed by atoms with Gasteiger partial charge in [-0.05, 0) is 55.8 Å². The summed E-state index contributed by atoms with van der Waals surface area (Å²) in [7, 11) is -2.33. The summed E-state index contributed by atoms with van der Waals surface area (Å²) in [6.07, 6.45) is -1.02. The Hall–Kier alpha value is -3.65. The first kappa shape index (κ1) is 24.0. The Morgan fingerprint density at radius 1 is 0.848 bits per heavy atom. The third-order valence-corrected chi connectivity index (χ3v) is 6.98. The van der Waals surface area contributed by atoms with Crippen molar-refractivity contribution in [3.8, 4) is 0 Å². The second-order valence-corrected chi connectivity index (χ2v) is 9.49. The number of carbonyl (C=O) groups is 2. The normalized spacial score (nSPS) is 12.9. The van der Waals surface area contributed by atoms with Gasteiger partial charge in [0.25, 0.3) is 15.9 Å². The molecule has 0 aliphatic carbocycles. The number of para-hydroxylation sites is 1. The smallest absolute Gasteiger partial charge is 0.338 e. The van der Waals surface area contributed by atoms with Crippen LogP contribution in [0.2, 0.25) is 0 Å². The maximum absolute atomic E-state index is 12.9. The fourth-order valence-corrected chi connectivity index (χ4v) is 4.33. The summed E-state index contributed by atoms with van der Waals surface area (Å²) in [5.74, 6) is -1.14. The van der Waals surface area contributed by atoms with E-state index in [0.29, 0.717) is 5.69 Å². The van der Waals surface area contributed by atoms with Crippen LogP contribution < -0.4 is 9.62 Å². The Labute approximate surface area is 194 Å². The van der Waals surface area contributed by atoms with Crippen LogP contribution in [0.15, 0.2) is 89.8 Å². The number of benzene rings is 3. The minimum Gasteiger partial charge on any atom is -0.449 e. The van der Waals surface area contributed by atoms with Crippen molar-refractivity contribution in [3.63, 3.8) is 0 Å². The van der Waals surface area contributed by atoms with Gasteiger partial charge in [-0.25, -0.2) is 13.2 Å². The van der Waals surface area contributed by atoms with Gasteiger partial charge in [0.15, 0.2) is 6.10 Å². The van der Waals surface area contributed by atoms with Gasteiger partial charge in [-0.3, -0.25) is 9.10 Å². The highest BCUT2D eigenvalue weighted by atomic mass is 32.2. The molecular weight excluding hydrogens is 440 g/mol. The number of rotatable bonds is 8. The molecule has 0 heterocycles. The summed E-state index contributed by atoms with van der Waals surface area (Å²) in [5, 5.41) is 2.81. The van der Waals surface area contributed by atoms with Crippen LogP contribution in [-0.4, -0.2) is 33.4 Å². The number of carbonyl (C=O) groups excluding carboxylic acids is 2. The first-order valence-corrected chi connectivity index (χ1v) is 11.8. The zero-order valence-corrected chi connectivity index (χ0v) is 19.5. The number of sulfonamides is 1. The molecule has 1 amide bonds. The third-order valence-electron chi connectivity index (χ3n) is 5.18. The second kappa shape index (κ2) is 10.3. The van der Waals surface area contributed by atoms with Crippen LogP contribution in [0.4, 0.5) is 5.69 Å². The van der Waals surface area contributed by atoms with Crippen LogP contribution >= 0.6 is 0 Å². The monoisotopic (exact) mass is 466 g/mol. The number of ether oxygens (including phenoxy) is 1. The fourth-order valence-electron chi connectivity index (χ4n) is 3.14. The average Bonchev–Trinajstić information content (AvgIpc) is 2.84. The zero-order valence-electron chi connectivity index (χ0n) is 18.6. The molecule has 0 bridgehead atoms. The molecule has 172 valence electrons. The van der Waals surface area contributed by atoms with Crippen molar-refractivity contribution in [2.75, 3.05) is 11.4 Å². The molecule has 2 unspecified atom stereocenters. The molecule has 3 rings (SSSR count). The van der Waals surface area contributed by atoms with E-state index in [1.807, 2.05) is 37.3 Å². The number of amides is 1. The summed E-state index contributed by atoms with van der Waals surface area (Å²) in [5.41, 5.74) is 1.60.